The fourth-order valence-electron chi connectivity index (χ4n) is 6.33. The van der Waals surface area contributed by atoms with Gasteiger partial charge in [-0.05, 0) is 85.4 Å². The van der Waals surface area contributed by atoms with E-state index in [2.05, 4.69) is 68.9 Å². The summed E-state index contributed by atoms with van der Waals surface area (Å²) < 4.78 is 7.02. The van der Waals surface area contributed by atoms with Gasteiger partial charge in [0.05, 0.1) is 12.7 Å². The van der Waals surface area contributed by atoms with E-state index in [-0.39, 0.29) is 5.97 Å². The maximum Gasteiger partial charge on any atom is 0.337 e. The highest BCUT2D eigenvalue weighted by atomic mass is 16.5. The van der Waals surface area contributed by atoms with Crippen LogP contribution in [0, 0.1) is 0 Å². The zero-order valence-electron chi connectivity index (χ0n) is 24.3. The highest BCUT2D eigenvalue weighted by Crippen LogP contribution is 2.33. The molecule has 2 fully saturated rings. The Bertz CT molecular complexity index is 1450. The summed E-state index contributed by atoms with van der Waals surface area (Å²) in [6.45, 7) is 9.69. The predicted molar refractivity (Wildman–Crippen MR) is 163 cm³/mol. The quantitative estimate of drug-likeness (QED) is 0.288. The fraction of sp³-hybridized carbons (Fsp3) is 0.412. The third-order valence-corrected chi connectivity index (χ3v) is 8.88. The number of rotatable bonds is 8. The molecule has 0 spiro atoms. The van der Waals surface area contributed by atoms with Gasteiger partial charge in [0.1, 0.15) is 5.65 Å². The van der Waals surface area contributed by atoms with E-state index in [9.17, 15) is 4.79 Å². The summed E-state index contributed by atoms with van der Waals surface area (Å²) in [5, 5.41) is 1.26. The molecular formula is C34H41N5O2. The lowest BCUT2D eigenvalue weighted by Gasteiger charge is -2.33. The first-order valence-corrected chi connectivity index (χ1v) is 14.9. The Hall–Kier alpha value is -3.52. The number of esters is 1. The molecule has 0 saturated carbocycles. The number of carbonyl (C=O) groups is 1. The normalized spacial score (nSPS) is 17.7. The first kappa shape index (κ1) is 27.6. The monoisotopic (exact) mass is 551 g/mol. The zero-order valence-corrected chi connectivity index (χ0v) is 24.3. The summed E-state index contributed by atoms with van der Waals surface area (Å²) in [6, 6.07) is 21.4. The maximum absolute atomic E-state index is 11.8. The second kappa shape index (κ2) is 12.6. The number of carbonyl (C=O) groups excluding carboxylic acids is 1. The zero-order chi connectivity index (χ0) is 28.2. The van der Waals surface area contributed by atoms with Crippen LogP contribution in [0.15, 0.2) is 73.1 Å². The van der Waals surface area contributed by atoms with Crippen LogP contribution in [0.2, 0.25) is 0 Å². The van der Waals surface area contributed by atoms with Gasteiger partial charge in [-0.1, -0.05) is 36.4 Å². The topological polar surface area (TPSA) is 53.8 Å². The minimum atomic E-state index is -0.310. The average Bonchev–Trinajstić information content (AvgIpc) is 3.42. The molecule has 0 unspecified atom stereocenters. The predicted octanol–water partition coefficient (Wildman–Crippen LogP) is 5.00. The Labute approximate surface area is 243 Å². The summed E-state index contributed by atoms with van der Waals surface area (Å²) in [4.78, 5) is 24.1. The van der Waals surface area contributed by atoms with E-state index in [0.29, 0.717) is 18.0 Å². The lowest BCUT2D eigenvalue weighted by atomic mass is 9.88. The molecule has 2 aromatic carbocycles. The lowest BCUT2D eigenvalue weighted by molar-refractivity contribution is 0.0600. The minimum absolute atomic E-state index is 0.310. The first-order valence-electron chi connectivity index (χ1n) is 14.9. The van der Waals surface area contributed by atoms with E-state index >= 15 is 0 Å². The van der Waals surface area contributed by atoms with Crippen LogP contribution < -0.4 is 0 Å². The van der Waals surface area contributed by atoms with Gasteiger partial charge in [0.15, 0.2) is 0 Å². The van der Waals surface area contributed by atoms with Crippen molar-refractivity contribution < 1.29 is 9.53 Å². The van der Waals surface area contributed by atoms with Gasteiger partial charge in [-0.3, -0.25) is 9.80 Å². The van der Waals surface area contributed by atoms with Crippen LogP contribution in [-0.2, 0) is 24.4 Å². The summed E-state index contributed by atoms with van der Waals surface area (Å²) in [5.74, 6) is 0.243. The van der Waals surface area contributed by atoms with Crippen molar-refractivity contribution >= 4 is 17.0 Å². The molecule has 214 valence electrons. The molecule has 7 heteroatoms. The lowest BCUT2D eigenvalue weighted by Crippen LogP contribution is -2.43. The number of piperidine rings is 1. The van der Waals surface area contributed by atoms with E-state index in [1.54, 1.807) is 0 Å². The summed E-state index contributed by atoms with van der Waals surface area (Å²) in [6.07, 6.45) is 6.43. The Morgan fingerprint density at radius 3 is 2.00 bits per heavy atom. The average molecular weight is 552 g/mol. The summed E-state index contributed by atoms with van der Waals surface area (Å²) >= 11 is 0. The Morgan fingerprint density at radius 1 is 0.780 bits per heavy atom. The van der Waals surface area contributed by atoms with Gasteiger partial charge in [0, 0.05) is 63.6 Å². The molecule has 41 heavy (non-hydrogen) atoms. The van der Waals surface area contributed by atoms with Gasteiger partial charge >= 0.3 is 5.97 Å². The van der Waals surface area contributed by atoms with Gasteiger partial charge in [-0.15, -0.1) is 0 Å². The van der Waals surface area contributed by atoms with Gasteiger partial charge in [-0.2, -0.15) is 0 Å². The van der Waals surface area contributed by atoms with Crippen LogP contribution in [0.1, 0.15) is 51.4 Å². The number of likely N-dealkylation sites (tertiary alicyclic amines) is 1. The van der Waals surface area contributed by atoms with Crippen LogP contribution in [0.3, 0.4) is 0 Å². The minimum Gasteiger partial charge on any atom is -0.465 e. The first-order chi connectivity index (χ1) is 20.1. The van der Waals surface area contributed by atoms with Crippen LogP contribution in [-0.4, -0.2) is 83.6 Å². The SMILES string of the molecule is COC(=O)c1ccc(Cn2ccc3c(C4CCN(Cc5ccc(CN6CCN(C)CC6)cc5)CC4)ccnc32)cc1. The Kier molecular flexibility index (Phi) is 8.46. The number of methoxy groups -OCH3 is 1. The standard InChI is InChI=1S/C34H41N5O2/c1-36-19-21-38(22-20-36)24-27-5-3-26(4-6-27)23-37-16-12-29(13-17-37)31-11-15-35-33-32(31)14-18-39(33)25-28-7-9-30(10-8-28)34(40)41-2/h3-11,14-15,18,29H,12-13,16-17,19-25H2,1-2H3. The fourth-order valence-corrected chi connectivity index (χ4v) is 6.33. The smallest absolute Gasteiger partial charge is 0.337 e. The number of nitrogens with zero attached hydrogens (tertiary/aromatic N) is 5. The number of likely N-dealkylation sites (N-methyl/N-ethyl adjacent to an activating group) is 1. The van der Waals surface area contributed by atoms with Gasteiger partial charge in [-0.25, -0.2) is 9.78 Å². The number of pyridine rings is 1. The molecule has 4 aromatic rings. The van der Waals surface area contributed by atoms with E-state index in [1.807, 2.05) is 30.5 Å². The Morgan fingerprint density at radius 2 is 1.37 bits per heavy atom. The maximum atomic E-state index is 11.8. The molecule has 2 aliphatic heterocycles. The molecule has 2 aromatic heterocycles. The molecule has 0 atom stereocenters. The van der Waals surface area contributed by atoms with Crippen LogP contribution in [0.4, 0.5) is 0 Å². The van der Waals surface area contributed by atoms with Crippen molar-refractivity contribution in [1.82, 2.24) is 24.3 Å². The molecular weight excluding hydrogens is 510 g/mol. The highest BCUT2D eigenvalue weighted by molar-refractivity contribution is 5.89. The largest absolute Gasteiger partial charge is 0.465 e. The summed E-state index contributed by atoms with van der Waals surface area (Å²) in [7, 11) is 3.62. The second-order valence-corrected chi connectivity index (χ2v) is 11.7. The summed E-state index contributed by atoms with van der Waals surface area (Å²) in [5.41, 5.74) is 6.97. The van der Waals surface area contributed by atoms with Crippen molar-refractivity contribution in [2.24, 2.45) is 0 Å². The van der Waals surface area contributed by atoms with Crippen LogP contribution >= 0.6 is 0 Å². The van der Waals surface area contributed by atoms with E-state index < -0.39 is 0 Å². The number of hydrogen-bond acceptors (Lipinski definition) is 6. The molecule has 7 nitrogen and oxygen atoms in total. The molecule has 0 radical (unpaired) electrons. The molecule has 0 bridgehead atoms. The third kappa shape index (κ3) is 6.53. The molecule has 0 amide bonds. The number of fused-ring (bicyclic) bond motifs is 1. The van der Waals surface area contributed by atoms with Crippen LogP contribution in [0.25, 0.3) is 11.0 Å². The van der Waals surface area contributed by atoms with Crippen molar-refractivity contribution in [3.05, 3.63) is 101 Å². The van der Waals surface area contributed by atoms with E-state index in [1.165, 1.54) is 55.1 Å². The second-order valence-electron chi connectivity index (χ2n) is 11.7. The number of benzene rings is 2. The van der Waals surface area contributed by atoms with Gasteiger partial charge < -0.3 is 14.2 Å². The Balaban J connectivity index is 1.04. The molecule has 0 N–H and O–H groups in total. The highest BCUT2D eigenvalue weighted by Gasteiger charge is 2.23. The van der Waals surface area contributed by atoms with Crippen molar-refractivity contribution in [3.8, 4) is 0 Å². The van der Waals surface area contributed by atoms with Crippen LogP contribution in [0.5, 0.6) is 0 Å². The molecule has 2 saturated heterocycles. The van der Waals surface area contributed by atoms with Crippen molar-refractivity contribution in [2.75, 3.05) is 53.4 Å². The van der Waals surface area contributed by atoms with Crippen molar-refractivity contribution in [2.45, 2.75) is 38.4 Å². The van der Waals surface area contributed by atoms with E-state index in [0.717, 1.165) is 50.5 Å². The van der Waals surface area contributed by atoms with Crippen molar-refractivity contribution in [1.29, 1.82) is 0 Å². The van der Waals surface area contributed by atoms with E-state index in [4.69, 9.17) is 9.72 Å². The molecule has 4 heterocycles. The van der Waals surface area contributed by atoms with Crippen molar-refractivity contribution in [3.63, 3.8) is 0 Å². The molecule has 2 aliphatic rings. The number of hydrogen-bond donors (Lipinski definition) is 0. The number of piperazine rings is 1. The molecule has 6 rings (SSSR count). The van der Waals surface area contributed by atoms with Gasteiger partial charge in [0.25, 0.3) is 0 Å². The third-order valence-electron chi connectivity index (χ3n) is 8.88. The number of aromatic nitrogens is 2. The van der Waals surface area contributed by atoms with Gasteiger partial charge in [0.2, 0.25) is 0 Å². The number of ether oxygens (including phenoxy) is 1. The molecule has 0 aliphatic carbocycles.